The van der Waals surface area contributed by atoms with Gasteiger partial charge in [0.05, 0.1) is 12.3 Å². The summed E-state index contributed by atoms with van der Waals surface area (Å²) in [5, 5.41) is 9.57. The fourth-order valence-electron chi connectivity index (χ4n) is 2.32. The number of carbonyl (C=O) groups excluding carboxylic acids is 1. The molecule has 2 aromatic rings. The van der Waals surface area contributed by atoms with Crippen molar-refractivity contribution < 1.29 is 9.53 Å². The molecule has 0 bridgehead atoms. The average Bonchev–Trinajstić information content (AvgIpc) is 2.68. The van der Waals surface area contributed by atoms with E-state index < -0.39 is 0 Å². The molecule has 6 nitrogen and oxygen atoms in total. The number of amidine groups is 1. The first kappa shape index (κ1) is 18.7. The minimum atomic E-state index is -0.115. The zero-order chi connectivity index (χ0) is 18.9. The molecule has 0 aliphatic carbocycles. The molecule has 0 unspecified atom stereocenters. The predicted molar refractivity (Wildman–Crippen MR) is 111 cm³/mol. The standard InChI is InChI=1S/C20H20N4O2S/c1-2-13-24-14-19(26-17-11-7-4-8-12-17)22-20(23-24)27-15-18(25)21-16-9-5-3-6-10-16/h2-12H,1,13-15H2,(H,21,25). The summed E-state index contributed by atoms with van der Waals surface area (Å²) in [5.41, 5.74) is 0.763. The summed E-state index contributed by atoms with van der Waals surface area (Å²) in [6.07, 6.45) is 1.76. The van der Waals surface area contributed by atoms with Gasteiger partial charge in [-0.25, -0.2) is 0 Å². The highest BCUT2D eigenvalue weighted by Crippen LogP contribution is 2.16. The van der Waals surface area contributed by atoms with Gasteiger partial charge in [-0.2, -0.15) is 4.99 Å². The second-order valence-corrected chi connectivity index (χ2v) is 6.58. The molecule has 0 radical (unpaired) electrons. The zero-order valence-electron chi connectivity index (χ0n) is 14.7. The Kier molecular flexibility index (Phi) is 6.65. The summed E-state index contributed by atoms with van der Waals surface area (Å²) < 4.78 is 5.84. The number of carbonyl (C=O) groups is 1. The van der Waals surface area contributed by atoms with Crippen LogP contribution in [0.1, 0.15) is 0 Å². The molecule has 138 valence electrons. The molecule has 2 aromatic carbocycles. The van der Waals surface area contributed by atoms with E-state index in [1.165, 1.54) is 11.8 Å². The van der Waals surface area contributed by atoms with Crippen LogP contribution in [-0.2, 0) is 4.79 Å². The van der Waals surface area contributed by atoms with Gasteiger partial charge in [0.25, 0.3) is 0 Å². The number of nitrogens with one attached hydrogen (secondary N) is 1. The number of nitrogens with zero attached hydrogens (tertiary/aromatic N) is 3. The number of ether oxygens (including phenoxy) is 1. The quantitative estimate of drug-likeness (QED) is 0.778. The summed E-state index contributed by atoms with van der Waals surface area (Å²) in [7, 11) is 0. The third kappa shape index (κ3) is 6.00. The summed E-state index contributed by atoms with van der Waals surface area (Å²) >= 11 is 1.26. The van der Waals surface area contributed by atoms with Gasteiger partial charge in [-0.3, -0.25) is 9.80 Å². The fourth-order valence-corrected chi connectivity index (χ4v) is 2.99. The van der Waals surface area contributed by atoms with E-state index in [9.17, 15) is 4.79 Å². The van der Waals surface area contributed by atoms with E-state index in [0.29, 0.717) is 29.9 Å². The van der Waals surface area contributed by atoms with Crippen LogP contribution in [-0.4, -0.2) is 40.8 Å². The molecule has 1 amide bonds. The van der Waals surface area contributed by atoms with Crippen LogP contribution in [0.3, 0.4) is 0 Å². The van der Waals surface area contributed by atoms with E-state index in [1.807, 2.05) is 60.7 Å². The SMILES string of the molecule is C=CCN1CC(Oc2ccccc2)=NC(SCC(=O)Nc2ccccc2)=N1. The summed E-state index contributed by atoms with van der Waals surface area (Å²) in [6.45, 7) is 4.76. The molecule has 27 heavy (non-hydrogen) atoms. The number of aliphatic imine (C=N–C) groups is 1. The number of hydrogen-bond donors (Lipinski definition) is 1. The maximum absolute atomic E-state index is 12.1. The van der Waals surface area contributed by atoms with Gasteiger partial charge in [0.1, 0.15) is 12.3 Å². The van der Waals surface area contributed by atoms with E-state index in [4.69, 9.17) is 4.74 Å². The van der Waals surface area contributed by atoms with Crippen molar-refractivity contribution in [2.75, 3.05) is 24.2 Å². The Bertz CT molecular complexity index is 838. The largest absolute Gasteiger partial charge is 0.441 e. The van der Waals surface area contributed by atoms with Gasteiger partial charge in [0.2, 0.25) is 17.0 Å². The maximum Gasteiger partial charge on any atom is 0.234 e. The molecule has 1 heterocycles. The van der Waals surface area contributed by atoms with E-state index in [1.54, 1.807) is 11.1 Å². The number of thioether (sulfide) groups is 1. The van der Waals surface area contributed by atoms with Crippen molar-refractivity contribution in [2.24, 2.45) is 10.1 Å². The summed E-state index contributed by atoms with van der Waals surface area (Å²) in [4.78, 5) is 16.6. The molecule has 0 atom stereocenters. The van der Waals surface area contributed by atoms with E-state index in [0.717, 1.165) is 5.69 Å². The summed E-state index contributed by atoms with van der Waals surface area (Å²) in [5.74, 6) is 1.33. The Morgan fingerprint density at radius 3 is 2.59 bits per heavy atom. The number of benzene rings is 2. The van der Waals surface area contributed by atoms with Crippen LogP contribution in [0.5, 0.6) is 5.75 Å². The number of anilines is 1. The van der Waals surface area contributed by atoms with E-state index >= 15 is 0 Å². The number of hydrazone groups is 1. The topological polar surface area (TPSA) is 66.3 Å². The molecule has 0 saturated heterocycles. The fraction of sp³-hybridized carbons (Fsp3) is 0.150. The Hall–Kier alpha value is -3.06. The molecule has 0 saturated carbocycles. The molecule has 0 spiro atoms. The lowest BCUT2D eigenvalue weighted by Crippen LogP contribution is -2.33. The van der Waals surface area contributed by atoms with Crippen molar-refractivity contribution in [3.63, 3.8) is 0 Å². The van der Waals surface area contributed by atoms with Crippen molar-refractivity contribution in [3.05, 3.63) is 73.3 Å². The van der Waals surface area contributed by atoms with Crippen LogP contribution < -0.4 is 10.1 Å². The molecular formula is C20H20N4O2S. The number of amides is 1. The van der Waals surface area contributed by atoms with Crippen LogP contribution >= 0.6 is 11.8 Å². The lowest BCUT2D eigenvalue weighted by atomic mass is 10.3. The minimum Gasteiger partial charge on any atom is -0.441 e. The molecule has 0 aromatic heterocycles. The molecule has 1 aliphatic heterocycles. The van der Waals surface area contributed by atoms with Gasteiger partial charge < -0.3 is 10.1 Å². The number of para-hydroxylation sites is 2. The van der Waals surface area contributed by atoms with Gasteiger partial charge in [-0.05, 0) is 24.3 Å². The van der Waals surface area contributed by atoms with Crippen LogP contribution in [0.4, 0.5) is 5.69 Å². The molecular weight excluding hydrogens is 360 g/mol. The zero-order valence-corrected chi connectivity index (χ0v) is 15.6. The third-order valence-corrected chi connectivity index (χ3v) is 4.31. The summed E-state index contributed by atoms with van der Waals surface area (Å²) in [6, 6.07) is 18.8. The van der Waals surface area contributed by atoms with Crippen LogP contribution in [0.2, 0.25) is 0 Å². The van der Waals surface area contributed by atoms with Gasteiger partial charge >= 0.3 is 0 Å². The van der Waals surface area contributed by atoms with Gasteiger partial charge in [-0.1, -0.05) is 54.2 Å². The average molecular weight is 380 g/mol. The predicted octanol–water partition coefficient (Wildman–Crippen LogP) is 3.61. The molecule has 1 N–H and O–H groups in total. The molecule has 1 aliphatic rings. The van der Waals surface area contributed by atoms with E-state index in [-0.39, 0.29) is 11.7 Å². The highest BCUT2D eigenvalue weighted by atomic mass is 32.2. The van der Waals surface area contributed by atoms with Crippen molar-refractivity contribution in [3.8, 4) is 5.75 Å². The monoisotopic (exact) mass is 380 g/mol. The van der Waals surface area contributed by atoms with Gasteiger partial charge in [-0.15, -0.1) is 11.7 Å². The van der Waals surface area contributed by atoms with Crippen molar-refractivity contribution in [2.45, 2.75) is 0 Å². The van der Waals surface area contributed by atoms with Crippen LogP contribution in [0.15, 0.2) is 83.4 Å². The highest BCUT2D eigenvalue weighted by Gasteiger charge is 2.18. The highest BCUT2D eigenvalue weighted by molar-refractivity contribution is 8.14. The Labute approximate surface area is 162 Å². The Morgan fingerprint density at radius 2 is 1.89 bits per heavy atom. The third-order valence-electron chi connectivity index (χ3n) is 3.47. The van der Waals surface area contributed by atoms with Crippen molar-refractivity contribution >= 4 is 34.4 Å². The van der Waals surface area contributed by atoms with Crippen LogP contribution in [0, 0.1) is 0 Å². The van der Waals surface area contributed by atoms with Crippen LogP contribution in [0.25, 0.3) is 0 Å². The Morgan fingerprint density at radius 1 is 1.19 bits per heavy atom. The first-order chi connectivity index (χ1) is 13.2. The van der Waals surface area contributed by atoms with Crippen molar-refractivity contribution in [1.82, 2.24) is 5.01 Å². The maximum atomic E-state index is 12.1. The van der Waals surface area contributed by atoms with Gasteiger partial charge in [0.15, 0.2) is 0 Å². The van der Waals surface area contributed by atoms with E-state index in [2.05, 4.69) is 22.0 Å². The first-order valence-corrected chi connectivity index (χ1v) is 9.44. The molecule has 0 fully saturated rings. The smallest absolute Gasteiger partial charge is 0.234 e. The van der Waals surface area contributed by atoms with Crippen molar-refractivity contribution in [1.29, 1.82) is 0 Å². The molecule has 3 rings (SSSR count). The first-order valence-electron chi connectivity index (χ1n) is 8.45. The lowest BCUT2D eigenvalue weighted by molar-refractivity contribution is -0.113. The normalized spacial score (nSPS) is 13.4. The minimum absolute atomic E-state index is 0.115. The number of hydrogen-bond acceptors (Lipinski definition) is 6. The number of rotatable bonds is 6. The second kappa shape index (κ2) is 9.59. The Balaban J connectivity index is 1.62. The second-order valence-electron chi connectivity index (χ2n) is 5.64. The lowest BCUT2D eigenvalue weighted by Gasteiger charge is -2.23. The molecule has 7 heteroatoms. The van der Waals surface area contributed by atoms with Gasteiger partial charge in [0, 0.05) is 5.69 Å².